The summed E-state index contributed by atoms with van der Waals surface area (Å²) in [5, 5.41) is 3.23. The number of hydrogen-bond acceptors (Lipinski definition) is 3. The molecule has 0 spiro atoms. The minimum Gasteiger partial charge on any atom is -0.357 e. The van der Waals surface area contributed by atoms with E-state index >= 15 is 0 Å². The molecular weight excluding hydrogens is 312 g/mol. The van der Waals surface area contributed by atoms with Crippen LogP contribution in [0.1, 0.15) is 25.0 Å². The van der Waals surface area contributed by atoms with Gasteiger partial charge in [-0.2, -0.15) is 0 Å². The Labute approximate surface area is 140 Å². The number of hydrogen-bond donors (Lipinski definition) is 2. The van der Waals surface area contributed by atoms with Crippen molar-refractivity contribution < 1.29 is 8.42 Å². The summed E-state index contributed by atoms with van der Waals surface area (Å²) < 4.78 is 25.3. The van der Waals surface area contributed by atoms with Crippen LogP contribution < -0.4 is 10.0 Å². The molecule has 1 aromatic carbocycles. The first kappa shape index (κ1) is 19.4. The minimum atomic E-state index is -3.16. The molecule has 6 nitrogen and oxygen atoms in total. The second kappa shape index (κ2) is 9.52. The van der Waals surface area contributed by atoms with E-state index in [0.717, 1.165) is 19.0 Å². The largest absolute Gasteiger partial charge is 0.357 e. The Morgan fingerprint density at radius 2 is 1.96 bits per heavy atom. The highest BCUT2D eigenvalue weighted by Gasteiger charge is 2.08. The fraction of sp³-hybridized carbons (Fsp3) is 0.562. The summed E-state index contributed by atoms with van der Waals surface area (Å²) in [7, 11) is -1.18. The van der Waals surface area contributed by atoms with Crippen LogP contribution in [0.4, 0.5) is 0 Å². The van der Waals surface area contributed by atoms with Crippen LogP contribution in [0.25, 0.3) is 0 Å². The molecule has 1 rings (SSSR count). The SMILES string of the molecule is CCNC(=NCCNS(=O)(=O)CC)N(C)Cc1ccccc1C. The van der Waals surface area contributed by atoms with E-state index in [1.165, 1.54) is 11.1 Å². The van der Waals surface area contributed by atoms with E-state index in [9.17, 15) is 8.42 Å². The Morgan fingerprint density at radius 1 is 1.26 bits per heavy atom. The smallest absolute Gasteiger partial charge is 0.211 e. The Morgan fingerprint density at radius 3 is 2.57 bits per heavy atom. The molecule has 0 aliphatic rings. The molecule has 0 aromatic heterocycles. The molecule has 2 N–H and O–H groups in total. The molecule has 0 heterocycles. The van der Waals surface area contributed by atoms with Crippen LogP contribution in [0.2, 0.25) is 0 Å². The summed E-state index contributed by atoms with van der Waals surface area (Å²) in [6.07, 6.45) is 0. The molecule has 130 valence electrons. The average molecular weight is 340 g/mol. The van der Waals surface area contributed by atoms with E-state index < -0.39 is 10.0 Å². The van der Waals surface area contributed by atoms with Crippen molar-refractivity contribution in [2.75, 3.05) is 32.4 Å². The number of aryl methyl sites for hydroxylation is 1. The molecule has 0 atom stereocenters. The Kier molecular flexibility index (Phi) is 8.05. The van der Waals surface area contributed by atoms with Crippen LogP contribution in [0.15, 0.2) is 29.3 Å². The number of rotatable bonds is 8. The van der Waals surface area contributed by atoms with E-state index in [1.54, 1.807) is 6.92 Å². The van der Waals surface area contributed by atoms with Gasteiger partial charge in [-0.05, 0) is 31.9 Å². The number of guanidine groups is 1. The summed E-state index contributed by atoms with van der Waals surface area (Å²) in [5.74, 6) is 0.857. The first-order valence-electron chi connectivity index (χ1n) is 7.91. The first-order valence-corrected chi connectivity index (χ1v) is 9.56. The molecule has 0 saturated carbocycles. The Hall–Kier alpha value is -1.60. The highest BCUT2D eigenvalue weighted by atomic mass is 32.2. The number of benzene rings is 1. The van der Waals surface area contributed by atoms with Gasteiger partial charge in [-0.3, -0.25) is 4.99 Å². The van der Waals surface area contributed by atoms with Gasteiger partial charge in [-0.25, -0.2) is 13.1 Å². The minimum absolute atomic E-state index is 0.0873. The highest BCUT2D eigenvalue weighted by Crippen LogP contribution is 2.09. The van der Waals surface area contributed by atoms with E-state index in [1.807, 2.05) is 31.0 Å². The molecular formula is C16H28N4O2S. The monoisotopic (exact) mass is 340 g/mol. The maximum atomic E-state index is 11.4. The van der Waals surface area contributed by atoms with Crippen molar-refractivity contribution >= 4 is 16.0 Å². The highest BCUT2D eigenvalue weighted by molar-refractivity contribution is 7.89. The average Bonchev–Trinajstić information content (AvgIpc) is 2.52. The summed E-state index contributed by atoms with van der Waals surface area (Å²) in [6, 6.07) is 8.25. The third kappa shape index (κ3) is 7.00. The van der Waals surface area contributed by atoms with Gasteiger partial charge < -0.3 is 10.2 Å². The van der Waals surface area contributed by atoms with Crippen LogP contribution in [0, 0.1) is 6.92 Å². The van der Waals surface area contributed by atoms with E-state index in [0.29, 0.717) is 13.1 Å². The molecule has 0 unspecified atom stereocenters. The van der Waals surface area contributed by atoms with Crippen molar-refractivity contribution in [3.05, 3.63) is 35.4 Å². The summed E-state index contributed by atoms with van der Waals surface area (Å²) >= 11 is 0. The zero-order valence-corrected chi connectivity index (χ0v) is 15.3. The standard InChI is InChI=1S/C16H28N4O2S/c1-5-17-16(18-11-12-19-23(21,22)6-2)20(4)13-15-10-8-7-9-14(15)3/h7-10,19H,5-6,11-13H2,1-4H3,(H,17,18). The zero-order valence-electron chi connectivity index (χ0n) is 14.5. The molecule has 0 amide bonds. The van der Waals surface area contributed by atoms with E-state index in [4.69, 9.17) is 0 Å². The van der Waals surface area contributed by atoms with Gasteiger partial charge in [0.2, 0.25) is 10.0 Å². The quantitative estimate of drug-likeness (QED) is 0.425. The van der Waals surface area contributed by atoms with Gasteiger partial charge in [0.05, 0.1) is 12.3 Å². The topological polar surface area (TPSA) is 73.8 Å². The number of sulfonamides is 1. The maximum absolute atomic E-state index is 11.4. The molecule has 1 aromatic rings. The fourth-order valence-electron chi connectivity index (χ4n) is 2.05. The Bertz CT molecular complexity index is 614. The van der Waals surface area contributed by atoms with Gasteiger partial charge in [0.15, 0.2) is 5.96 Å². The van der Waals surface area contributed by atoms with Crippen molar-refractivity contribution in [3.8, 4) is 0 Å². The number of nitrogens with one attached hydrogen (secondary N) is 2. The van der Waals surface area contributed by atoms with Crippen LogP contribution in [-0.4, -0.2) is 51.7 Å². The number of aliphatic imine (C=N–C) groups is 1. The lowest BCUT2D eigenvalue weighted by Crippen LogP contribution is -2.39. The summed E-state index contributed by atoms with van der Waals surface area (Å²) in [5.41, 5.74) is 2.48. The van der Waals surface area contributed by atoms with Crippen molar-refractivity contribution in [3.63, 3.8) is 0 Å². The van der Waals surface area contributed by atoms with Crippen LogP contribution in [0.5, 0.6) is 0 Å². The molecule has 0 saturated heterocycles. The molecule has 7 heteroatoms. The van der Waals surface area contributed by atoms with Crippen molar-refractivity contribution in [2.45, 2.75) is 27.3 Å². The van der Waals surface area contributed by atoms with Crippen LogP contribution in [0.3, 0.4) is 0 Å². The van der Waals surface area contributed by atoms with Crippen molar-refractivity contribution in [1.82, 2.24) is 14.9 Å². The van der Waals surface area contributed by atoms with Gasteiger partial charge in [0.1, 0.15) is 0 Å². The predicted octanol–water partition coefficient (Wildman–Crippen LogP) is 1.33. The molecule has 0 aliphatic heterocycles. The normalized spacial score (nSPS) is 12.3. The van der Waals surface area contributed by atoms with Gasteiger partial charge >= 0.3 is 0 Å². The van der Waals surface area contributed by atoms with Crippen molar-refractivity contribution in [2.24, 2.45) is 4.99 Å². The second-order valence-corrected chi connectivity index (χ2v) is 7.41. The predicted molar refractivity (Wildman–Crippen MR) is 96.1 cm³/mol. The van der Waals surface area contributed by atoms with E-state index in [-0.39, 0.29) is 5.75 Å². The van der Waals surface area contributed by atoms with Crippen LogP contribution in [-0.2, 0) is 16.6 Å². The molecule has 23 heavy (non-hydrogen) atoms. The van der Waals surface area contributed by atoms with E-state index in [2.05, 4.69) is 34.1 Å². The lowest BCUT2D eigenvalue weighted by molar-refractivity contribution is 0.475. The molecule has 0 radical (unpaired) electrons. The van der Waals surface area contributed by atoms with Crippen LogP contribution >= 0.6 is 0 Å². The molecule has 0 aliphatic carbocycles. The number of nitrogens with zero attached hydrogens (tertiary/aromatic N) is 2. The fourth-order valence-corrected chi connectivity index (χ4v) is 2.66. The third-order valence-electron chi connectivity index (χ3n) is 3.44. The van der Waals surface area contributed by atoms with Gasteiger partial charge in [-0.15, -0.1) is 0 Å². The molecule has 0 bridgehead atoms. The lowest BCUT2D eigenvalue weighted by Gasteiger charge is -2.23. The van der Waals surface area contributed by atoms with Crippen molar-refractivity contribution in [1.29, 1.82) is 0 Å². The second-order valence-electron chi connectivity index (χ2n) is 5.32. The maximum Gasteiger partial charge on any atom is 0.211 e. The Balaban J connectivity index is 2.65. The summed E-state index contributed by atoms with van der Waals surface area (Å²) in [4.78, 5) is 6.52. The zero-order chi connectivity index (χ0) is 17.3. The third-order valence-corrected chi connectivity index (χ3v) is 4.84. The van der Waals surface area contributed by atoms with Gasteiger partial charge in [0, 0.05) is 26.7 Å². The van der Waals surface area contributed by atoms with Gasteiger partial charge in [-0.1, -0.05) is 24.3 Å². The first-order chi connectivity index (χ1) is 10.9. The molecule has 0 fully saturated rings. The summed E-state index contributed by atoms with van der Waals surface area (Å²) in [6.45, 7) is 7.94. The lowest BCUT2D eigenvalue weighted by atomic mass is 10.1. The van der Waals surface area contributed by atoms with Gasteiger partial charge in [0.25, 0.3) is 0 Å².